The highest BCUT2D eigenvalue weighted by Crippen LogP contribution is 2.01. The van der Waals surface area contributed by atoms with Gasteiger partial charge in [0.15, 0.2) is 0 Å². The fourth-order valence-electron chi connectivity index (χ4n) is 1.36. The molecule has 6 nitrogen and oxygen atoms in total. The second kappa shape index (κ2) is 8.41. The van der Waals surface area contributed by atoms with E-state index in [1.54, 1.807) is 0 Å². The molecule has 0 atom stereocenters. The molecular formula is C11H24N2O4. The maximum atomic E-state index is 11.5. The molecule has 17 heavy (non-hydrogen) atoms. The van der Waals surface area contributed by atoms with Gasteiger partial charge in [-0.1, -0.05) is 13.8 Å². The van der Waals surface area contributed by atoms with Crippen molar-refractivity contribution < 1.29 is 20.1 Å². The molecule has 0 fully saturated rings. The van der Waals surface area contributed by atoms with Gasteiger partial charge in [-0.05, 0) is 12.8 Å². The van der Waals surface area contributed by atoms with Crippen molar-refractivity contribution in [2.24, 2.45) is 0 Å². The van der Waals surface area contributed by atoms with Crippen molar-refractivity contribution in [3.05, 3.63) is 0 Å². The van der Waals surface area contributed by atoms with Crippen LogP contribution in [-0.4, -0.2) is 59.2 Å². The Morgan fingerprint density at radius 1 is 1.12 bits per heavy atom. The van der Waals surface area contributed by atoms with Crippen LogP contribution >= 0.6 is 0 Å². The zero-order chi connectivity index (χ0) is 13.3. The molecule has 0 bridgehead atoms. The summed E-state index contributed by atoms with van der Waals surface area (Å²) in [5.74, 6) is -0.210. The first kappa shape index (κ1) is 16.3. The van der Waals surface area contributed by atoms with E-state index in [1.807, 2.05) is 13.8 Å². The monoisotopic (exact) mass is 248 g/mol. The SMILES string of the molecule is CCC(CC)NC(=O)CNC(CO)(CO)CO. The third kappa shape index (κ3) is 5.45. The van der Waals surface area contributed by atoms with Crippen LogP contribution in [0.15, 0.2) is 0 Å². The van der Waals surface area contributed by atoms with Gasteiger partial charge in [-0.2, -0.15) is 0 Å². The highest BCUT2D eigenvalue weighted by Gasteiger charge is 2.28. The van der Waals surface area contributed by atoms with E-state index in [0.29, 0.717) is 0 Å². The molecule has 5 N–H and O–H groups in total. The number of aliphatic hydroxyl groups excluding tert-OH is 3. The lowest BCUT2D eigenvalue weighted by molar-refractivity contribution is -0.121. The smallest absolute Gasteiger partial charge is 0.234 e. The Labute approximate surface area is 102 Å². The number of carbonyl (C=O) groups excluding carboxylic acids is 1. The van der Waals surface area contributed by atoms with Crippen molar-refractivity contribution in [1.82, 2.24) is 10.6 Å². The molecule has 0 aliphatic heterocycles. The van der Waals surface area contributed by atoms with Crippen molar-refractivity contribution in [2.75, 3.05) is 26.4 Å². The van der Waals surface area contributed by atoms with Crippen LogP contribution in [0.5, 0.6) is 0 Å². The van der Waals surface area contributed by atoms with Crippen LogP contribution in [0.1, 0.15) is 26.7 Å². The van der Waals surface area contributed by atoms with Crippen molar-refractivity contribution >= 4 is 5.91 Å². The predicted molar refractivity (Wildman–Crippen MR) is 64.5 cm³/mol. The van der Waals surface area contributed by atoms with Crippen molar-refractivity contribution in [2.45, 2.75) is 38.3 Å². The highest BCUT2D eigenvalue weighted by atomic mass is 16.3. The number of nitrogens with one attached hydrogen (secondary N) is 2. The summed E-state index contributed by atoms with van der Waals surface area (Å²) in [5.41, 5.74) is -1.20. The molecule has 0 rings (SSSR count). The number of rotatable bonds is 9. The third-order valence-electron chi connectivity index (χ3n) is 2.88. The zero-order valence-electron chi connectivity index (χ0n) is 10.6. The van der Waals surface area contributed by atoms with Gasteiger partial charge in [0.1, 0.15) is 0 Å². The lowest BCUT2D eigenvalue weighted by Gasteiger charge is -2.28. The van der Waals surface area contributed by atoms with Crippen molar-refractivity contribution in [3.63, 3.8) is 0 Å². The molecule has 0 aliphatic carbocycles. The normalized spacial score (nSPS) is 11.9. The fraction of sp³-hybridized carbons (Fsp3) is 0.909. The van der Waals surface area contributed by atoms with Gasteiger partial charge >= 0.3 is 0 Å². The molecule has 6 heteroatoms. The molecular weight excluding hydrogens is 224 g/mol. The van der Waals surface area contributed by atoms with Gasteiger partial charge in [0.2, 0.25) is 5.91 Å². The van der Waals surface area contributed by atoms with Gasteiger partial charge in [0.05, 0.1) is 31.9 Å². The molecule has 0 aromatic rings. The predicted octanol–water partition coefficient (Wildman–Crippen LogP) is -1.40. The Balaban J connectivity index is 4.13. The second-order valence-corrected chi connectivity index (χ2v) is 4.19. The van der Waals surface area contributed by atoms with Crippen LogP contribution in [0.2, 0.25) is 0 Å². The maximum Gasteiger partial charge on any atom is 0.234 e. The molecule has 0 spiro atoms. The van der Waals surface area contributed by atoms with E-state index in [-0.39, 0.29) is 18.5 Å². The van der Waals surface area contributed by atoms with Gasteiger partial charge in [0, 0.05) is 6.04 Å². The minimum absolute atomic E-state index is 0.0435. The number of aliphatic hydroxyl groups is 3. The van der Waals surface area contributed by atoms with Crippen LogP contribution < -0.4 is 10.6 Å². The molecule has 0 heterocycles. The topological polar surface area (TPSA) is 102 Å². The standard InChI is InChI=1S/C11H24N2O4/c1-3-9(4-2)13-10(17)5-12-11(6-14,7-15)8-16/h9,12,14-16H,3-8H2,1-2H3,(H,13,17). The molecule has 1 amide bonds. The number of hydrogen-bond acceptors (Lipinski definition) is 5. The van der Waals surface area contributed by atoms with E-state index in [4.69, 9.17) is 15.3 Å². The van der Waals surface area contributed by atoms with E-state index in [2.05, 4.69) is 10.6 Å². The van der Waals surface area contributed by atoms with Gasteiger partial charge in [-0.25, -0.2) is 0 Å². The first-order valence-electron chi connectivity index (χ1n) is 5.94. The molecule has 0 radical (unpaired) electrons. The number of amides is 1. The highest BCUT2D eigenvalue weighted by molar-refractivity contribution is 5.78. The summed E-state index contributed by atoms with van der Waals surface area (Å²) < 4.78 is 0. The van der Waals surface area contributed by atoms with Gasteiger partial charge < -0.3 is 20.6 Å². The minimum atomic E-state index is -1.20. The minimum Gasteiger partial charge on any atom is -0.394 e. The zero-order valence-corrected chi connectivity index (χ0v) is 10.6. The molecule has 0 unspecified atom stereocenters. The summed E-state index contributed by atoms with van der Waals surface area (Å²) in [7, 11) is 0. The Hall–Kier alpha value is -0.690. The average Bonchev–Trinajstić information content (AvgIpc) is 2.38. The van der Waals surface area contributed by atoms with Crippen molar-refractivity contribution in [3.8, 4) is 0 Å². The second-order valence-electron chi connectivity index (χ2n) is 4.19. The lowest BCUT2D eigenvalue weighted by Crippen LogP contribution is -2.57. The van der Waals surface area contributed by atoms with Crippen LogP contribution in [0.25, 0.3) is 0 Å². The molecule has 102 valence electrons. The van der Waals surface area contributed by atoms with Gasteiger partial charge in [-0.3, -0.25) is 10.1 Å². The third-order valence-corrected chi connectivity index (χ3v) is 2.88. The van der Waals surface area contributed by atoms with E-state index in [0.717, 1.165) is 12.8 Å². The quantitative estimate of drug-likeness (QED) is 0.345. The summed E-state index contributed by atoms with van der Waals surface area (Å²) in [6, 6.07) is 0.135. The van der Waals surface area contributed by atoms with Gasteiger partial charge in [0.25, 0.3) is 0 Å². The first-order chi connectivity index (χ1) is 8.07. The summed E-state index contributed by atoms with van der Waals surface area (Å²) in [5, 5.41) is 32.6. The lowest BCUT2D eigenvalue weighted by atomic mass is 10.0. The largest absolute Gasteiger partial charge is 0.394 e. The Morgan fingerprint density at radius 3 is 1.94 bits per heavy atom. The molecule has 0 saturated heterocycles. The number of hydrogen-bond donors (Lipinski definition) is 5. The summed E-state index contributed by atoms with van der Waals surface area (Å²) in [6.07, 6.45) is 1.71. The van der Waals surface area contributed by atoms with Crippen LogP contribution in [0, 0.1) is 0 Å². The fourth-order valence-corrected chi connectivity index (χ4v) is 1.36. The Bertz CT molecular complexity index is 207. The van der Waals surface area contributed by atoms with E-state index in [1.165, 1.54) is 0 Å². The van der Waals surface area contributed by atoms with E-state index < -0.39 is 25.4 Å². The number of carbonyl (C=O) groups is 1. The molecule has 0 saturated carbocycles. The average molecular weight is 248 g/mol. The first-order valence-corrected chi connectivity index (χ1v) is 5.94. The summed E-state index contributed by atoms with van der Waals surface area (Å²) >= 11 is 0. The molecule has 0 aliphatic rings. The van der Waals surface area contributed by atoms with Crippen LogP contribution in [-0.2, 0) is 4.79 Å². The molecule has 0 aromatic carbocycles. The summed E-state index contributed by atoms with van der Waals surface area (Å²) in [4.78, 5) is 11.5. The Kier molecular flexibility index (Phi) is 8.07. The molecule has 0 aromatic heterocycles. The van der Waals surface area contributed by atoms with Gasteiger partial charge in [-0.15, -0.1) is 0 Å². The van der Waals surface area contributed by atoms with Crippen LogP contribution in [0.3, 0.4) is 0 Å². The van der Waals surface area contributed by atoms with E-state index in [9.17, 15) is 4.79 Å². The summed E-state index contributed by atoms with van der Waals surface area (Å²) in [6.45, 7) is 2.63. The van der Waals surface area contributed by atoms with E-state index >= 15 is 0 Å². The van der Waals surface area contributed by atoms with Crippen molar-refractivity contribution in [1.29, 1.82) is 0 Å². The maximum absolute atomic E-state index is 11.5. The Morgan fingerprint density at radius 2 is 1.59 bits per heavy atom. The van der Waals surface area contributed by atoms with Crippen LogP contribution in [0.4, 0.5) is 0 Å².